The highest BCUT2D eigenvalue weighted by Crippen LogP contribution is 2.40. The van der Waals surface area contributed by atoms with Crippen LogP contribution in [0.25, 0.3) is 16.7 Å². The number of benzene rings is 1. The number of carbonyl (C=O) groups is 2. The molecular formula is C29H31F6N5O4. The van der Waals surface area contributed by atoms with Gasteiger partial charge in [0.05, 0.1) is 10.9 Å². The van der Waals surface area contributed by atoms with Crippen molar-refractivity contribution in [1.82, 2.24) is 20.2 Å². The summed E-state index contributed by atoms with van der Waals surface area (Å²) in [5.41, 5.74) is -4.83. The van der Waals surface area contributed by atoms with Crippen LogP contribution in [-0.4, -0.2) is 51.5 Å². The van der Waals surface area contributed by atoms with Gasteiger partial charge in [-0.05, 0) is 65.5 Å². The zero-order valence-corrected chi connectivity index (χ0v) is 24.5. The fourth-order valence-electron chi connectivity index (χ4n) is 4.45. The minimum absolute atomic E-state index is 0.0503. The zero-order valence-electron chi connectivity index (χ0n) is 24.5. The summed E-state index contributed by atoms with van der Waals surface area (Å²) in [7, 11) is 0. The maximum atomic E-state index is 15.0. The number of hydrogen-bond donors (Lipinski definition) is 3. The van der Waals surface area contributed by atoms with Gasteiger partial charge in [0.2, 0.25) is 5.43 Å². The lowest BCUT2D eigenvalue weighted by atomic mass is 10.1. The second-order valence-corrected chi connectivity index (χ2v) is 12.2. The number of pyridine rings is 2. The normalized spacial score (nSPS) is 14.7. The number of nitrogens with one attached hydrogen (secondary N) is 3. The van der Waals surface area contributed by atoms with E-state index >= 15 is 0 Å². The average Bonchev–Trinajstić information content (AvgIpc) is 3.69. The molecule has 1 aliphatic carbocycles. The summed E-state index contributed by atoms with van der Waals surface area (Å²) in [5, 5.41) is 7.09. The minimum Gasteiger partial charge on any atom is -0.444 e. The van der Waals surface area contributed by atoms with Crippen LogP contribution in [-0.2, 0) is 4.74 Å². The van der Waals surface area contributed by atoms with E-state index in [1.165, 1.54) is 12.1 Å². The first-order valence-corrected chi connectivity index (χ1v) is 13.6. The van der Waals surface area contributed by atoms with Crippen LogP contribution in [0, 0.1) is 23.4 Å². The van der Waals surface area contributed by atoms with Crippen molar-refractivity contribution < 1.29 is 40.7 Å². The van der Waals surface area contributed by atoms with E-state index in [0.29, 0.717) is 22.9 Å². The number of fused-ring (bicyclic) bond motifs is 1. The number of alkyl carbamates (subject to hydrolysis) is 1. The zero-order chi connectivity index (χ0) is 32.8. The molecule has 1 fully saturated rings. The summed E-state index contributed by atoms with van der Waals surface area (Å²) in [5.74, 6) is -6.30. The van der Waals surface area contributed by atoms with Crippen LogP contribution >= 0.6 is 0 Å². The van der Waals surface area contributed by atoms with Crippen LogP contribution in [0.2, 0.25) is 0 Å². The van der Waals surface area contributed by atoms with E-state index in [1.54, 1.807) is 34.6 Å². The SMILES string of the molecule is CC(C)(CNc1ccc2c(=O)c(C(=O)N[C@@H](C3CC3)C(F)(F)F)cn(-c3c(F)cc(F)cc3F)c2n1)NC(=O)OC(C)(C)C. The van der Waals surface area contributed by atoms with Gasteiger partial charge in [-0.3, -0.25) is 14.2 Å². The average molecular weight is 628 g/mol. The van der Waals surface area contributed by atoms with E-state index in [2.05, 4.69) is 15.6 Å². The van der Waals surface area contributed by atoms with Crippen molar-refractivity contribution in [1.29, 1.82) is 0 Å². The Morgan fingerprint density at radius 3 is 2.20 bits per heavy atom. The number of carbonyl (C=O) groups excluding carboxylic acids is 2. The molecule has 0 spiro atoms. The molecule has 0 radical (unpaired) electrons. The van der Waals surface area contributed by atoms with Gasteiger partial charge in [0.15, 0.2) is 17.3 Å². The lowest BCUT2D eigenvalue weighted by molar-refractivity contribution is -0.158. The van der Waals surface area contributed by atoms with Crippen LogP contribution in [0.4, 0.5) is 37.0 Å². The van der Waals surface area contributed by atoms with E-state index in [4.69, 9.17) is 4.74 Å². The maximum Gasteiger partial charge on any atom is 0.408 e. The van der Waals surface area contributed by atoms with Gasteiger partial charge >= 0.3 is 12.3 Å². The third-order valence-electron chi connectivity index (χ3n) is 6.60. The molecule has 44 heavy (non-hydrogen) atoms. The molecule has 0 bridgehead atoms. The molecule has 1 atom stereocenters. The molecule has 4 rings (SSSR count). The molecule has 2 amide bonds. The number of anilines is 1. The number of amides is 2. The molecule has 2 heterocycles. The molecule has 238 valence electrons. The molecule has 9 nitrogen and oxygen atoms in total. The molecule has 0 aliphatic heterocycles. The van der Waals surface area contributed by atoms with Crippen LogP contribution < -0.4 is 21.4 Å². The number of alkyl halides is 3. The van der Waals surface area contributed by atoms with Crippen molar-refractivity contribution >= 4 is 28.9 Å². The summed E-state index contributed by atoms with van der Waals surface area (Å²) >= 11 is 0. The standard InChI is InChI=1S/C29H31F6N5O4/c1-27(2,3)44-26(43)39-28(4,5)13-36-20-9-8-16-22(41)17(25(42)38-23(14-6-7-14)29(33,34)35)12-40(24(16)37-20)21-18(31)10-15(30)11-19(21)32/h8-12,14,23H,6-7,13H2,1-5H3,(H,36,37)(H,38,42)(H,39,43)/t23-/m0/s1. The fourth-order valence-corrected chi connectivity index (χ4v) is 4.45. The van der Waals surface area contributed by atoms with Crippen molar-refractivity contribution in [3.8, 4) is 5.69 Å². The first-order valence-electron chi connectivity index (χ1n) is 13.6. The van der Waals surface area contributed by atoms with Gasteiger partial charge in [-0.15, -0.1) is 0 Å². The molecule has 0 saturated heterocycles. The van der Waals surface area contributed by atoms with Crippen molar-refractivity contribution in [2.24, 2.45) is 5.92 Å². The molecule has 2 aromatic heterocycles. The summed E-state index contributed by atoms with van der Waals surface area (Å²) in [6.45, 7) is 8.48. The van der Waals surface area contributed by atoms with Gasteiger partial charge in [-0.1, -0.05) is 0 Å². The second-order valence-electron chi connectivity index (χ2n) is 12.2. The predicted molar refractivity (Wildman–Crippen MR) is 149 cm³/mol. The van der Waals surface area contributed by atoms with Crippen LogP contribution in [0.1, 0.15) is 57.8 Å². The third-order valence-corrected chi connectivity index (χ3v) is 6.60. The number of nitrogens with zero attached hydrogens (tertiary/aromatic N) is 2. The van der Waals surface area contributed by atoms with Gasteiger partial charge in [0.25, 0.3) is 5.91 Å². The minimum atomic E-state index is -4.80. The highest BCUT2D eigenvalue weighted by Gasteiger charge is 2.50. The Hall–Kier alpha value is -4.30. The number of hydrogen-bond acceptors (Lipinski definition) is 6. The first kappa shape index (κ1) is 32.6. The molecule has 0 unspecified atom stereocenters. The van der Waals surface area contributed by atoms with E-state index in [-0.39, 0.29) is 36.2 Å². The second kappa shape index (κ2) is 11.7. The van der Waals surface area contributed by atoms with E-state index in [0.717, 1.165) is 0 Å². The topological polar surface area (TPSA) is 114 Å². The van der Waals surface area contributed by atoms with Gasteiger partial charge in [-0.25, -0.2) is 22.9 Å². The number of ether oxygens (including phenoxy) is 1. The lowest BCUT2D eigenvalue weighted by Gasteiger charge is -2.29. The van der Waals surface area contributed by atoms with E-state index in [9.17, 15) is 40.7 Å². The lowest BCUT2D eigenvalue weighted by Crippen LogP contribution is -2.50. The van der Waals surface area contributed by atoms with Gasteiger partial charge in [-0.2, -0.15) is 13.2 Å². The Morgan fingerprint density at radius 1 is 1.05 bits per heavy atom. The highest BCUT2D eigenvalue weighted by molar-refractivity contribution is 5.97. The van der Waals surface area contributed by atoms with E-state index < -0.39 is 75.4 Å². The predicted octanol–water partition coefficient (Wildman–Crippen LogP) is 5.59. The summed E-state index contributed by atoms with van der Waals surface area (Å²) in [6, 6.07) is 0.985. The largest absolute Gasteiger partial charge is 0.444 e. The Bertz CT molecular complexity index is 1640. The number of rotatable bonds is 8. The van der Waals surface area contributed by atoms with E-state index in [1.807, 2.05) is 5.32 Å². The monoisotopic (exact) mass is 627 g/mol. The molecule has 1 saturated carbocycles. The van der Waals surface area contributed by atoms with Gasteiger partial charge in [0.1, 0.15) is 34.5 Å². The Labute approximate surface area is 248 Å². The van der Waals surface area contributed by atoms with Crippen LogP contribution in [0.5, 0.6) is 0 Å². The number of aromatic nitrogens is 2. The summed E-state index contributed by atoms with van der Waals surface area (Å²) in [6.07, 6.45) is -4.36. The molecule has 3 N–H and O–H groups in total. The first-order chi connectivity index (χ1) is 20.3. The Morgan fingerprint density at radius 2 is 1.66 bits per heavy atom. The van der Waals surface area contributed by atoms with Crippen molar-refractivity contribution in [3.63, 3.8) is 0 Å². The van der Waals surface area contributed by atoms with Crippen LogP contribution in [0.3, 0.4) is 0 Å². The van der Waals surface area contributed by atoms with Gasteiger partial charge in [0, 0.05) is 24.9 Å². The molecule has 3 aromatic rings. The molecule has 1 aromatic carbocycles. The molecular weight excluding hydrogens is 596 g/mol. The summed E-state index contributed by atoms with van der Waals surface area (Å²) in [4.78, 5) is 42.8. The van der Waals surface area contributed by atoms with Crippen LogP contribution in [0.15, 0.2) is 35.3 Å². The van der Waals surface area contributed by atoms with Crippen molar-refractivity contribution in [2.75, 3.05) is 11.9 Å². The third kappa shape index (κ3) is 7.61. The fraction of sp³-hybridized carbons (Fsp3) is 0.448. The Kier molecular flexibility index (Phi) is 8.64. The summed E-state index contributed by atoms with van der Waals surface area (Å²) < 4.78 is 90.4. The van der Waals surface area contributed by atoms with Gasteiger partial charge < -0.3 is 20.7 Å². The van der Waals surface area contributed by atoms with Crippen molar-refractivity contribution in [2.45, 2.75) is 70.8 Å². The number of halogens is 6. The highest BCUT2D eigenvalue weighted by atomic mass is 19.4. The molecule has 1 aliphatic rings. The Balaban J connectivity index is 1.76. The quantitative estimate of drug-likeness (QED) is 0.281. The molecule has 15 heteroatoms. The van der Waals surface area contributed by atoms with Crippen molar-refractivity contribution in [3.05, 3.63) is 63.7 Å². The smallest absolute Gasteiger partial charge is 0.408 e. The maximum absolute atomic E-state index is 15.0.